The number of nitrogens with zero attached hydrogens (tertiary/aromatic N) is 1. The normalized spacial score (nSPS) is 14.1. The molecule has 0 bridgehead atoms. The standard InChI is InChI=1S/C14H13F2N3S/c15-9-2-1-8(11(16)6-9)5-13-18-12-3-4-17-7-10(12)14(20)19-13/h1-2,6,17H,3-5,7H2,(H,18,19,20). The average Bonchev–Trinajstić information content (AvgIpc) is 2.42. The van der Waals surface area contributed by atoms with E-state index in [1.165, 1.54) is 12.1 Å². The van der Waals surface area contributed by atoms with Crippen molar-refractivity contribution in [2.45, 2.75) is 19.4 Å². The lowest BCUT2D eigenvalue weighted by Crippen LogP contribution is -2.26. The molecule has 3 rings (SSSR count). The summed E-state index contributed by atoms with van der Waals surface area (Å²) in [6.45, 7) is 1.59. The highest BCUT2D eigenvalue weighted by Crippen LogP contribution is 2.16. The summed E-state index contributed by atoms with van der Waals surface area (Å²) in [5, 5.41) is 3.24. The minimum absolute atomic E-state index is 0.274. The van der Waals surface area contributed by atoms with E-state index in [1.54, 1.807) is 0 Å². The third kappa shape index (κ3) is 2.62. The Bertz CT molecular complexity index is 712. The Hall–Kier alpha value is -1.66. The maximum Gasteiger partial charge on any atom is 0.134 e. The van der Waals surface area contributed by atoms with Gasteiger partial charge in [0.1, 0.15) is 22.1 Å². The van der Waals surface area contributed by atoms with Crippen molar-refractivity contribution in [2.75, 3.05) is 6.54 Å². The molecule has 2 aromatic rings. The quantitative estimate of drug-likeness (QED) is 0.836. The van der Waals surface area contributed by atoms with E-state index in [9.17, 15) is 8.78 Å². The molecule has 0 radical (unpaired) electrons. The molecule has 0 saturated heterocycles. The zero-order valence-corrected chi connectivity index (χ0v) is 11.5. The lowest BCUT2D eigenvalue weighted by molar-refractivity contribution is 0.572. The Kier molecular flexibility index (Phi) is 3.58. The smallest absolute Gasteiger partial charge is 0.134 e. The molecule has 2 N–H and O–H groups in total. The highest BCUT2D eigenvalue weighted by Gasteiger charge is 2.14. The number of nitrogens with one attached hydrogen (secondary N) is 2. The molecule has 3 nitrogen and oxygen atoms in total. The molecule has 1 aromatic carbocycles. The van der Waals surface area contributed by atoms with Gasteiger partial charge < -0.3 is 10.3 Å². The number of aromatic amines is 1. The number of benzene rings is 1. The van der Waals surface area contributed by atoms with Gasteiger partial charge in [-0.3, -0.25) is 0 Å². The van der Waals surface area contributed by atoms with Crippen LogP contribution < -0.4 is 5.32 Å². The highest BCUT2D eigenvalue weighted by molar-refractivity contribution is 7.71. The van der Waals surface area contributed by atoms with E-state index >= 15 is 0 Å². The summed E-state index contributed by atoms with van der Waals surface area (Å²) in [4.78, 5) is 7.52. The lowest BCUT2D eigenvalue weighted by atomic mass is 10.1. The van der Waals surface area contributed by atoms with Gasteiger partial charge >= 0.3 is 0 Å². The van der Waals surface area contributed by atoms with Gasteiger partial charge in [0.05, 0.1) is 0 Å². The third-order valence-electron chi connectivity index (χ3n) is 3.38. The van der Waals surface area contributed by atoms with Crippen molar-refractivity contribution in [1.29, 1.82) is 0 Å². The van der Waals surface area contributed by atoms with Crippen molar-refractivity contribution in [1.82, 2.24) is 15.3 Å². The van der Waals surface area contributed by atoms with Crippen molar-refractivity contribution >= 4 is 12.2 Å². The van der Waals surface area contributed by atoms with Gasteiger partial charge in [-0.25, -0.2) is 13.8 Å². The van der Waals surface area contributed by atoms with Crippen LogP contribution in [0.2, 0.25) is 0 Å². The average molecular weight is 293 g/mol. The van der Waals surface area contributed by atoms with Gasteiger partial charge in [-0.15, -0.1) is 0 Å². The zero-order chi connectivity index (χ0) is 14.1. The van der Waals surface area contributed by atoms with Crippen LogP contribution in [0.4, 0.5) is 8.78 Å². The number of aromatic nitrogens is 2. The minimum Gasteiger partial charge on any atom is -0.346 e. The fourth-order valence-electron chi connectivity index (χ4n) is 2.35. The number of hydrogen-bond donors (Lipinski definition) is 2. The topological polar surface area (TPSA) is 40.7 Å². The van der Waals surface area contributed by atoms with E-state index in [0.717, 1.165) is 30.3 Å². The van der Waals surface area contributed by atoms with E-state index in [-0.39, 0.29) is 6.42 Å². The molecule has 1 aliphatic rings. The van der Waals surface area contributed by atoms with Gasteiger partial charge in [0.15, 0.2) is 0 Å². The van der Waals surface area contributed by atoms with Crippen LogP contribution in [0.3, 0.4) is 0 Å². The van der Waals surface area contributed by atoms with Crippen molar-refractivity contribution in [3.05, 3.63) is 57.1 Å². The molecule has 2 heterocycles. The monoisotopic (exact) mass is 293 g/mol. The molecule has 0 atom stereocenters. The SMILES string of the molecule is Fc1ccc(Cc2nc(=S)c3c([nH]2)CCNC3)c(F)c1. The molecule has 1 aromatic heterocycles. The second kappa shape index (κ2) is 5.38. The molecule has 0 fully saturated rings. The van der Waals surface area contributed by atoms with Crippen molar-refractivity contribution < 1.29 is 8.78 Å². The van der Waals surface area contributed by atoms with Gasteiger partial charge in [0.25, 0.3) is 0 Å². The molecule has 0 saturated carbocycles. The first kappa shape index (κ1) is 13.3. The summed E-state index contributed by atoms with van der Waals surface area (Å²) in [6.07, 6.45) is 1.12. The summed E-state index contributed by atoms with van der Waals surface area (Å²) in [5.74, 6) is -0.532. The van der Waals surface area contributed by atoms with Gasteiger partial charge in [0.2, 0.25) is 0 Å². The molecule has 0 unspecified atom stereocenters. The summed E-state index contributed by atoms with van der Waals surface area (Å²) in [5.41, 5.74) is 2.47. The van der Waals surface area contributed by atoms with Gasteiger partial charge in [-0.1, -0.05) is 18.3 Å². The summed E-state index contributed by atoms with van der Waals surface area (Å²) in [6, 6.07) is 3.56. The number of H-pyrrole nitrogens is 1. The van der Waals surface area contributed by atoms with Crippen LogP contribution in [0.25, 0.3) is 0 Å². The summed E-state index contributed by atoms with van der Waals surface area (Å²) in [7, 11) is 0. The second-order valence-electron chi connectivity index (χ2n) is 4.79. The number of fused-ring (bicyclic) bond motifs is 1. The minimum atomic E-state index is -0.580. The Morgan fingerprint density at radius 1 is 1.30 bits per heavy atom. The summed E-state index contributed by atoms with van der Waals surface area (Å²) < 4.78 is 27.1. The number of halogens is 2. The van der Waals surface area contributed by atoms with Crippen LogP contribution in [0.5, 0.6) is 0 Å². The highest BCUT2D eigenvalue weighted by atomic mass is 32.1. The Morgan fingerprint density at radius 2 is 2.15 bits per heavy atom. The fourth-order valence-corrected chi connectivity index (χ4v) is 2.65. The third-order valence-corrected chi connectivity index (χ3v) is 3.72. The largest absolute Gasteiger partial charge is 0.346 e. The van der Waals surface area contributed by atoms with Crippen LogP contribution in [-0.4, -0.2) is 16.5 Å². The molecule has 20 heavy (non-hydrogen) atoms. The Balaban J connectivity index is 1.95. The fraction of sp³-hybridized carbons (Fsp3) is 0.286. The van der Waals surface area contributed by atoms with Crippen LogP contribution in [0.1, 0.15) is 22.6 Å². The molecule has 0 spiro atoms. The van der Waals surface area contributed by atoms with Gasteiger partial charge in [-0.05, 0) is 11.6 Å². The van der Waals surface area contributed by atoms with E-state index < -0.39 is 11.6 Å². The van der Waals surface area contributed by atoms with E-state index in [0.29, 0.717) is 22.6 Å². The first-order valence-corrected chi connectivity index (χ1v) is 6.80. The van der Waals surface area contributed by atoms with E-state index in [4.69, 9.17) is 12.2 Å². The predicted octanol–water partition coefficient (Wildman–Crippen LogP) is 2.65. The molecular formula is C14H13F2N3S. The summed E-state index contributed by atoms with van der Waals surface area (Å²) >= 11 is 5.27. The molecule has 6 heteroatoms. The molecule has 1 aliphatic heterocycles. The van der Waals surface area contributed by atoms with Crippen molar-refractivity contribution in [3.63, 3.8) is 0 Å². The van der Waals surface area contributed by atoms with Crippen molar-refractivity contribution in [3.8, 4) is 0 Å². The van der Waals surface area contributed by atoms with Gasteiger partial charge in [-0.2, -0.15) is 0 Å². The maximum atomic E-state index is 13.7. The van der Waals surface area contributed by atoms with Crippen molar-refractivity contribution in [2.24, 2.45) is 0 Å². The zero-order valence-electron chi connectivity index (χ0n) is 10.7. The molecule has 0 aliphatic carbocycles. The predicted molar refractivity (Wildman–Crippen MR) is 74.0 cm³/mol. The Morgan fingerprint density at radius 3 is 2.95 bits per heavy atom. The second-order valence-corrected chi connectivity index (χ2v) is 5.17. The van der Waals surface area contributed by atoms with E-state index in [1.807, 2.05) is 0 Å². The van der Waals surface area contributed by atoms with Crippen LogP contribution in [-0.2, 0) is 19.4 Å². The lowest BCUT2D eigenvalue weighted by Gasteiger charge is -2.17. The van der Waals surface area contributed by atoms with E-state index in [2.05, 4.69) is 15.3 Å². The van der Waals surface area contributed by atoms with Gasteiger partial charge in [0, 0.05) is 43.3 Å². The maximum absolute atomic E-state index is 13.7. The Labute approximate surface area is 120 Å². The van der Waals surface area contributed by atoms with Crippen LogP contribution >= 0.6 is 12.2 Å². The first-order chi connectivity index (χ1) is 9.63. The molecule has 0 amide bonds. The van der Waals surface area contributed by atoms with Crippen LogP contribution in [0.15, 0.2) is 18.2 Å². The number of hydrogen-bond acceptors (Lipinski definition) is 3. The molecular weight excluding hydrogens is 280 g/mol. The number of rotatable bonds is 2. The molecule has 104 valence electrons. The van der Waals surface area contributed by atoms with Crippen LogP contribution in [0, 0.1) is 16.3 Å². The first-order valence-electron chi connectivity index (χ1n) is 6.39.